The average molecular weight is 260 g/mol. The fourth-order valence-electron chi connectivity index (χ4n) is 3.23. The van der Waals surface area contributed by atoms with Gasteiger partial charge in [-0.1, -0.05) is 39.5 Å². The number of aryl methyl sites for hydroxylation is 1. The minimum atomic E-state index is 0.716. The molecule has 1 aliphatic rings. The molecule has 19 heavy (non-hydrogen) atoms. The Kier molecular flexibility index (Phi) is 5.81. The molecule has 0 saturated heterocycles. The molecule has 106 valence electrons. The second-order valence-electron chi connectivity index (χ2n) is 6.00. The van der Waals surface area contributed by atoms with Crippen LogP contribution in [-0.2, 0) is 6.42 Å². The number of nitrogens with zero attached hydrogens (tertiary/aromatic N) is 2. The van der Waals surface area contributed by atoms with Crippen molar-refractivity contribution in [2.45, 2.75) is 77.6 Å². The number of hydrogen-bond donors (Lipinski definition) is 0. The van der Waals surface area contributed by atoms with Crippen molar-refractivity contribution in [1.29, 1.82) is 0 Å². The van der Waals surface area contributed by atoms with Gasteiger partial charge >= 0.3 is 0 Å². The third-order valence-electron chi connectivity index (χ3n) is 4.58. The van der Waals surface area contributed by atoms with Gasteiger partial charge in [-0.15, -0.1) is 0 Å². The van der Waals surface area contributed by atoms with Gasteiger partial charge in [-0.05, 0) is 43.1 Å². The summed E-state index contributed by atoms with van der Waals surface area (Å²) in [7, 11) is 0. The zero-order valence-corrected chi connectivity index (χ0v) is 12.6. The summed E-state index contributed by atoms with van der Waals surface area (Å²) in [5.41, 5.74) is 1.37. The van der Waals surface area contributed by atoms with Gasteiger partial charge in [0, 0.05) is 18.8 Å². The Labute approximate surface area is 118 Å². The van der Waals surface area contributed by atoms with Gasteiger partial charge in [-0.3, -0.25) is 0 Å². The summed E-state index contributed by atoms with van der Waals surface area (Å²) in [4.78, 5) is 8.88. The van der Waals surface area contributed by atoms with Crippen molar-refractivity contribution in [2.75, 3.05) is 0 Å². The first-order valence-corrected chi connectivity index (χ1v) is 8.14. The van der Waals surface area contributed by atoms with Gasteiger partial charge in [0.05, 0.1) is 0 Å². The lowest BCUT2D eigenvalue weighted by Gasteiger charge is -2.28. The molecule has 0 N–H and O–H groups in total. The predicted octanol–water partition coefficient (Wildman–Crippen LogP) is 4.89. The second kappa shape index (κ2) is 7.62. The minimum absolute atomic E-state index is 0.716. The highest BCUT2D eigenvalue weighted by atomic mass is 14.9. The zero-order valence-electron chi connectivity index (χ0n) is 12.6. The molecule has 1 saturated carbocycles. The quantitative estimate of drug-likeness (QED) is 0.680. The van der Waals surface area contributed by atoms with Gasteiger partial charge in [-0.2, -0.15) is 0 Å². The van der Waals surface area contributed by atoms with E-state index in [4.69, 9.17) is 0 Å². The molecule has 0 aromatic carbocycles. The molecule has 1 fully saturated rings. The zero-order chi connectivity index (χ0) is 13.5. The highest BCUT2D eigenvalue weighted by Gasteiger charge is 2.22. The predicted molar refractivity (Wildman–Crippen MR) is 80.3 cm³/mol. The molecule has 1 aromatic rings. The van der Waals surface area contributed by atoms with Crippen molar-refractivity contribution in [3.8, 4) is 0 Å². The van der Waals surface area contributed by atoms with E-state index in [1.54, 1.807) is 0 Å². The molecule has 2 heteroatoms. The molecule has 0 aliphatic heterocycles. The number of aromatic nitrogens is 2. The van der Waals surface area contributed by atoms with Crippen LogP contribution in [0.25, 0.3) is 0 Å². The van der Waals surface area contributed by atoms with Gasteiger partial charge in [0.2, 0.25) is 0 Å². The molecule has 1 aromatic heterocycles. The molecule has 0 unspecified atom stereocenters. The maximum absolute atomic E-state index is 4.44. The van der Waals surface area contributed by atoms with Crippen LogP contribution >= 0.6 is 0 Å². The van der Waals surface area contributed by atoms with Crippen LogP contribution in [-0.4, -0.2) is 9.97 Å². The van der Waals surface area contributed by atoms with Gasteiger partial charge in [0.15, 0.2) is 0 Å². The monoisotopic (exact) mass is 260 g/mol. The van der Waals surface area contributed by atoms with Crippen LogP contribution in [0.5, 0.6) is 0 Å². The Balaban J connectivity index is 1.78. The van der Waals surface area contributed by atoms with Gasteiger partial charge in [0.1, 0.15) is 5.82 Å². The first-order chi connectivity index (χ1) is 9.33. The summed E-state index contributed by atoms with van der Waals surface area (Å²) in [6.45, 7) is 4.40. The highest BCUT2D eigenvalue weighted by Crippen LogP contribution is 2.37. The van der Waals surface area contributed by atoms with E-state index in [1.807, 2.05) is 0 Å². The standard InChI is InChI=1S/C17H28N2/c1-3-5-6-7-14-8-10-15(11-9-14)16-12-18-17(4-2)19-13-16/h12-15H,3-11H2,1-2H3. The normalized spacial score (nSPS) is 23.5. The van der Waals surface area contributed by atoms with E-state index in [2.05, 4.69) is 36.2 Å². The van der Waals surface area contributed by atoms with Crippen LogP contribution in [0, 0.1) is 5.92 Å². The van der Waals surface area contributed by atoms with E-state index < -0.39 is 0 Å². The molecule has 0 radical (unpaired) electrons. The summed E-state index contributed by atoms with van der Waals surface area (Å²) in [6.07, 6.45) is 16.2. The Hall–Kier alpha value is -0.920. The Morgan fingerprint density at radius 3 is 2.26 bits per heavy atom. The highest BCUT2D eigenvalue weighted by molar-refractivity contribution is 5.12. The topological polar surface area (TPSA) is 25.8 Å². The van der Waals surface area contributed by atoms with Gasteiger partial charge < -0.3 is 0 Å². The number of rotatable bonds is 6. The lowest BCUT2D eigenvalue weighted by atomic mass is 9.77. The number of hydrogen-bond acceptors (Lipinski definition) is 2. The number of unbranched alkanes of at least 4 members (excludes halogenated alkanes) is 2. The van der Waals surface area contributed by atoms with Crippen molar-refractivity contribution >= 4 is 0 Å². The van der Waals surface area contributed by atoms with E-state index in [0.717, 1.165) is 18.2 Å². The van der Waals surface area contributed by atoms with Gasteiger partial charge in [-0.25, -0.2) is 9.97 Å². The first kappa shape index (κ1) is 14.5. The molecule has 0 spiro atoms. The van der Waals surface area contributed by atoms with Crippen molar-refractivity contribution in [2.24, 2.45) is 5.92 Å². The summed E-state index contributed by atoms with van der Waals surface area (Å²) < 4.78 is 0. The van der Waals surface area contributed by atoms with Crippen LogP contribution in [0.1, 0.15) is 82.5 Å². The molecular weight excluding hydrogens is 232 g/mol. The van der Waals surface area contributed by atoms with E-state index in [1.165, 1.54) is 56.9 Å². The molecule has 0 atom stereocenters. The summed E-state index contributed by atoms with van der Waals surface area (Å²) in [5.74, 6) is 2.67. The van der Waals surface area contributed by atoms with Crippen LogP contribution < -0.4 is 0 Å². The van der Waals surface area contributed by atoms with Crippen molar-refractivity contribution in [3.05, 3.63) is 23.8 Å². The summed E-state index contributed by atoms with van der Waals surface area (Å²) >= 11 is 0. The molecule has 1 heterocycles. The fourth-order valence-corrected chi connectivity index (χ4v) is 3.23. The summed E-state index contributed by atoms with van der Waals surface area (Å²) in [5, 5.41) is 0. The maximum Gasteiger partial charge on any atom is 0.127 e. The Bertz CT molecular complexity index is 350. The molecule has 0 amide bonds. The summed E-state index contributed by atoms with van der Waals surface area (Å²) in [6, 6.07) is 0. The molecule has 2 nitrogen and oxygen atoms in total. The van der Waals surface area contributed by atoms with E-state index >= 15 is 0 Å². The minimum Gasteiger partial charge on any atom is -0.241 e. The van der Waals surface area contributed by atoms with Crippen LogP contribution in [0.15, 0.2) is 12.4 Å². The van der Waals surface area contributed by atoms with E-state index in [9.17, 15) is 0 Å². The lowest BCUT2D eigenvalue weighted by molar-refractivity contribution is 0.302. The third kappa shape index (κ3) is 4.29. The Morgan fingerprint density at radius 2 is 1.68 bits per heavy atom. The SMILES string of the molecule is CCCCCC1CCC(c2cnc(CC)nc2)CC1. The van der Waals surface area contributed by atoms with Crippen molar-refractivity contribution < 1.29 is 0 Å². The van der Waals surface area contributed by atoms with Crippen LogP contribution in [0.4, 0.5) is 0 Å². The van der Waals surface area contributed by atoms with Crippen molar-refractivity contribution in [1.82, 2.24) is 9.97 Å². The largest absolute Gasteiger partial charge is 0.241 e. The van der Waals surface area contributed by atoms with E-state index in [-0.39, 0.29) is 0 Å². The van der Waals surface area contributed by atoms with Gasteiger partial charge in [0.25, 0.3) is 0 Å². The maximum atomic E-state index is 4.44. The Morgan fingerprint density at radius 1 is 1.00 bits per heavy atom. The lowest BCUT2D eigenvalue weighted by Crippen LogP contribution is -2.14. The fraction of sp³-hybridized carbons (Fsp3) is 0.765. The molecule has 2 rings (SSSR count). The molecular formula is C17H28N2. The average Bonchev–Trinajstić information content (AvgIpc) is 2.48. The first-order valence-electron chi connectivity index (χ1n) is 8.14. The van der Waals surface area contributed by atoms with Crippen molar-refractivity contribution in [3.63, 3.8) is 0 Å². The third-order valence-corrected chi connectivity index (χ3v) is 4.58. The van der Waals surface area contributed by atoms with E-state index in [0.29, 0.717) is 5.92 Å². The van der Waals surface area contributed by atoms with Crippen LogP contribution in [0.3, 0.4) is 0 Å². The van der Waals surface area contributed by atoms with Crippen LogP contribution in [0.2, 0.25) is 0 Å². The smallest absolute Gasteiger partial charge is 0.127 e. The molecule has 0 bridgehead atoms. The second-order valence-corrected chi connectivity index (χ2v) is 6.00. The molecule has 1 aliphatic carbocycles.